The van der Waals surface area contributed by atoms with E-state index in [1.54, 1.807) is 0 Å². The van der Waals surface area contributed by atoms with E-state index in [2.05, 4.69) is 0 Å². The summed E-state index contributed by atoms with van der Waals surface area (Å²) in [6.07, 6.45) is 8.53. The summed E-state index contributed by atoms with van der Waals surface area (Å²) in [4.78, 5) is 10.1. The van der Waals surface area contributed by atoms with Crippen LogP contribution in [0.2, 0.25) is 0 Å². The molecule has 0 aromatic carbocycles. The fourth-order valence-electron chi connectivity index (χ4n) is 1.56. The van der Waals surface area contributed by atoms with Gasteiger partial charge in [-0.15, -0.1) is 0 Å². The minimum absolute atomic E-state index is 0. The van der Waals surface area contributed by atoms with Gasteiger partial charge < -0.3 is 6.22 Å². The first kappa shape index (κ1) is 10.3. The van der Waals surface area contributed by atoms with Gasteiger partial charge in [0.05, 0.1) is 0 Å². The van der Waals surface area contributed by atoms with E-state index in [1.165, 1.54) is 32.1 Å². The van der Waals surface area contributed by atoms with Crippen LogP contribution in [0.1, 0.15) is 40.0 Å². The minimum Gasteiger partial charge on any atom is -1.00 e. The molecule has 0 unspecified atom stereocenters. The van der Waals surface area contributed by atoms with Gasteiger partial charge in [-0.05, 0) is 5.92 Å². The number of carbonyl (C=O) groups is 1. The molecular weight excluding hydrogens is 119 g/mol. The van der Waals surface area contributed by atoms with Gasteiger partial charge in [0.15, 0.2) is 0 Å². The van der Waals surface area contributed by atoms with Gasteiger partial charge in [-0.1, -0.05) is 32.1 Å². The Balaban J connectivity index is 0. The van der Waals surface area contributed by atoms with E-state index in [4.69, 9.17) is 0 Å². The molecule has 0 bridgehead atoms. The average molecular weight is 134 g/mol. The molecule has 1 rings (SSSR count). The predicted molar refractivity (Wildman–Crippen MR) is 38.4 cm³/mol. The van der Waals surface area contributed by atoms with Crippen LogP contribution < -0.4 is 18.9 Å². The van der Waals surface area contributed by atoms with Gasteiger partial charge in [-0.3, -0.25) is 0 Å². The Morgan fingerprint density at radius 1 is 1.30 bits per heavy atom. The van der Waals surface area contributed by atoms with E-state index >= 15 is 0 Å². The molecule has 0 N–H and O–H groups in total. The molecule has 1 aliphatic rings. The molecule has 0 atom stereocenters. The van der Waals surface area contributed by atoms with Crippen molar-refractivity contribution >= 4 is 6.29 Å². The number of hydrogen-bond acceptors (Lipinski definition) is 1. The zero-order chi connectivity index (χ0) is 6.53. The van der Waals surface area contributed by atoms with Crippen molar-refractivity contribution in [1.29, 1.82) is 0 Å². The number of hydrogen-bond donors (Lipinski definition) is 0. The fraction of sp³-hybridized carbons (Fsp3) is 0.875. The summed E-state index contributed by atoms with van der Waals surface area (Å²) < 4.78 is 0. The van der Waals surface area contributed by atoms with Crippen molar-refractivity contribution in [3.8, 4) is 0 Å². The largest absolute Gasteiger partial charge is 1.00 e. The molecule has 0 heterocycles. The van der Waals surface area contributed by atoms with Crippen LogP contribution in [0.4, 0.5) is 0 Å². The quantitative estimate of drug-likeness (QED) is 0.359. The molecule has 1 saturated carbocycles. The Bertz CT molecular complexity index is 92.1. The molecule has 0 amide bonds. The minimum atomic E-state index is 0. The van der Waals surface area contributed by atoms with Crippen LogP contribution in [-0.4, -0.2) is 6.29 Å². The van der Waals surface area contributed by atoms with E-state index in [9.17, 15) is 4.79 Å². The number of carbonyl (C=O) groups excluding carboxylic acids is 1. The molecule has 10 heavy (non-hydrogen) atoms. The van der Waals surface area contributed by atoms with Crippen molar-refractivity contribution in [3.63, 3.8) is 0 Å². The van der Waals surface area contributed by atoms with E-state index < -0.39 is 0 Å². The van der Waals surface area contributed by atoms with Gasteiger partial charge in [0.25, 0.3) is 0 Å². The molecular formula is C8H15LiO. The van der Waals surface area contributed by atoms with Crippen LogP contribution in [0.5, 0.6) is 0 Å². The summed E-state index contributed by atoms with van der Waals surface area (Å²) in [6, 6.07) is 0. The maximum absolute atomic E-state index is 10.1. The summed E-state index contributed by atoms with van der Waals surface area (Å²) in [6.45, 7) is 0. The van der Waals surface area contributed by atoms with Gasteiger partial charge in [0, 0.05) is 6.42 Å². The smallest absolute Gasteiger partial charge is 1.00 e. The maximum Gasteiger partial charge on any atom is 1.00 e. The second-order valence-electron chi connectivity index (χ2n) is 2.91. The zero-order valence-corrected chi connectivity index (χ0v) is 6.81. The SMILES string of the molecule is O=CCC1CCCCC1.[H-].[Li+]. The number of aldehydes is 1. The van der Waals surface area contributed by atoms with Crippen LogP contribution in [-0.2, 0) is 4.79 Å². The monoisotopic (exact) mass is 134 g/mol. The third kappa shape index (κ3) is 3.44. The van der Waals surface area contributed by atoms with Gasteiger partial charge in [0.2, 0.25) is 0 Å². The summed E-state index contributed by atoms with van der Waals surface area (Å²) in [7, 11) is 0. The Morgan fingerprint density at radius 3 is 2.40 bits per heavy atom. The van der Waals surface area contributed by atoms with Gasteiger partial charge in [0.1, 0.15) is 6.29 Å². The molecule has 1 fully saturated rings. The first-order valence-electron chi connectivity index (χ1n) is 3.87. The molecule has 1 aliphatic carbocycles. The van der Waals surface area contributed by atoms with Crippen LogP contribution in [0.25, 0.3) is 0 Å². The predicted octanol–water partition coefficient (Wildman–Crippen LogP) is -0.728. The van der Waals surface area contributed by atoms with Crippen molar-refractivity contribution in [2.24, 2.45) is 5.92 Å². The molecule has 0 aromatic rings. The van der Waals surface area contributed by atoms with Gasteiger partial charge >= 0.3 is 18.9 Å². The molecule has 1 nitrogen and oxygen atoms in total. The summed E-state index contributed by atoms with van der Waals surface area (Å²) in [5.74, 6) is 0.733. The molecule has 54 valence electrons. The van der Waals surface area contributed by atoms with Crippen molar-refractivity contribution in [2.45, 2.75) is 38.5 Å². The van der Waals surface area contributed by atoms with Crippen molar-refractivity contribution < 1.29 is 25.1 Å². The fourth-order valence-corrected chi connectivity index (χ4v) is 1.56. The van der Waals surface area contributed by atoms with E-state index in [0.717, 1.165) is 18.6 Å². The second kappa shape index (κ2) is 6.01. The maximum atomic E-state index is 10.1. The van der Waals surface area contributed by atoms with Crippen LogP contribution in [0.15, 0.2) is 0 Å². The zero-order valence-electron chi connectivity index (χ0n) is 7.81. The van der Waals surface area contributed by atoms with Crippen molar-refractivity contribution in [3.05, 3.63) is 0 Å². The van der Waals surface area contributed by atoms with E-state index in [1.807, 2.05) is 0 Å². The molecule has 0 aliphatic heterocycles. The molecule has 2 heteroatoms. The Labute approximate surface area is 76.2 Å². The topological polar surface area (TPSA) is 17.1 Å². The molecule has 0 spiro atoms. The Morgan fingerprint density at radius 2 is 1.90 bits per heavy atom. The van der Waals surface area contributed by atoms with Gasteiger partial charge in [-0.2, -0.15) is 0 Å². The molecule has 0 aromatic heterocycles. The van der Waals surface area contributed by atoms with E-state index in [0.29, 0.717) is 0 Å². The van der Waals surface area contributed by atoms with Crippen LogP contribution in [0.3, 0.4) is 0 Å². The first-order chi connectivity index (χ1) is 4.43. The normalized spacial score (nSPS) is 19.6. The van der Waals surface area contributed by atoms with Crippen molar-refractivity contribution in [2.75, 3.05) is 0 Å². The molecule has 0 radical (unpaired) electrons. The van der Waals surface area contributed by atoms with Crippen LogP contribution in [0, 0.1) is 5.92 Å². The Kier molecular flexibility index (Phi) is 6.17. The van der Waals surface area contributed by atoms with Crippen LogP contribution >= 0.6 is 0 Å². The summed E-state index contributed by atoms with van der Waals surface area (Å²) in [5, 5.41) is 0. The molecule has 0 saturated heterocycles. The second-order valence-corrected chi connectivity index (χ2v) is 2.91. The van der Waals surface area contributed by atoms with E-state index in [-0.39, 0.29) is 20.3 Å². The van der Waals surface area contributed by atoms with Crippen molar-refractivity contribution in [1.82, 2.24) is 0 Å². The summed E-state index contributed by atoms with van der Waals surface area (Å²) >= 11 is 0. The summed E-state index contributed by atoms with van der Waals surface area (Å²) in [5.41, 5.74) is 0. The third-order valence-corrected chi connectivity index (χ3v) is 2.15. The van der Waals surface area contributed by atoms with Gasteiger partial charge in [-0.25, -0.2) is 0 Å². The third-order valence-electron chi connectivity index (χ3n) is 2.15. The standard InChI is InChI=1S/C8H14O.Li.H/c9-7-6-8-4-2-1-3-5-8;;/h7-8H,1-6H2;;/q;+1;-1. The average Bonchev–Trinajstić information content (AvgIpc) is 1.91. The number of rotatable bonds is 2. The first-order valence-corrected chi connectivity index (χ1v) is 3.87. The Hall–Kier alpha value is 0.267.